The van der Waals surface area contributed by atoms with E-state index in [1.54, 1.807) is 6.92 Å². The molecule has 0 bridgehead atoms. The number of benzene rings is 2. The fourth-order valence-corrected chi connectivity index (χ4v) is 5.33. The zero-order chi connectivity index (χ0) is 26.0. The molecule has 2 aromatic carbocycles. The van der Waals surface area contributed by atoms with E-state index in [0.29, 0.717) is 38.3 Å². The van der Waals surface area contributed by atoms with Crippen molar-refractivity contribution < 1.29 is 14.4 Å². The molecule has 0 unspecified atom stereocenters. The van der Waals surface area contributed by atoms with Gasteiger partial charge in [0.25, 0.3) is 0 Å². The molecular formula is C30H40N4O3. The van der Waals surface area contributed by atoms with Crippen LogP contribution < -0.4 is 10.6 Å². The number of nitrogens with zero attached hydrogens (tertiary/aromatic N) is 2. The summed E-state index contributed by atoms with van der Waals surface area (Å²) in [6.07, 6.45) is 6.08. The summed E-state index contributed by atoms with van der Waals surface area (Å²) in [5, 5.41) is 5.94. The van der Waals surface area contributed by atoms with Gasteiger partial charge in [-0.3, -0.25) is 19.3 Å². The number of carbonyl (C=O) groups is 3. The second kappa shape index (κ2) is 13.4. The number of rotatable bonds is 10. The molecule has 0 radical (unpaired) electrons. The third kappa shape index (κ3) is 8.15. The summed E-state index contributed by atoms with van der Waals surface area (Å²) >= 11 is 0. The molecule has 1 heterocycles. The second-order valence-corrected chi connectivity index (χ2v) is 10.4. The molecule has 1 atom stereocenters. The summed E-state index contributed by atoms with van der Waals surface area (Å²) < 4.78 is 0. The smallest absolute Gasteiger partial charge is 0.245 e. The Hall–Kier alpha value is -3.19. The van der Waals surface area contributed by atoms with Crippen molar-refractivity contribution in [1.29, 1.82) is 0 Å². The highest BCUT2D eigenvalue weighted by Crippen LogP contribution is 2.27. The van der Waals surface area contributed by atoms with Crippen LogP contribution in [0.5, 0.6) is 0 Å². The molecule has 37 heavy (non-hydrogen) atoms. The van der Waals surface area contributed by atoms with E-state index in [0.717, 1.165) is 43.7 Å². The lowest BCUT2D eigenvalue weighted by Crippen LogP contribution is -2.55. The second-order valence-electron chi connectivity index (χ2n) is 10.4. The van der Waals surface area contributed by atoms with Crippen molar-refractivity contribution in [3.05, 3.63) is 65.7 Å². The van der Waals surface area contributed by atoms with Gasteiger partial charge < -0.3 is 15.5 Å². The number of anilines is 1. The molecule has 2 aliphatic rings. The summed E-state index contributed by atoms with van der Waals surface area (Å²) in [4.78, 5) is 42.3. The fourth-order valence-electron chi connectivity index (χ4n) is 5.33. The molecule has 1 saturated heterocycles. The Labute approximate surface area is 220 Å². The molecule has 2 aromatic rings. The van der Waals surface area contributed by atoms with Crippen LogP contribution in [-0.4, -0.2) is 59.7 Å². The van der Waals surface area contributed by atoms with Gasteiger partial charge in [0.2, 0.25) is 17.7 Å². The van der Waals surface area contributed by atoms with Gasteiger partial charge in [0.15, 0.2) is 0 Å². The average Bonchev–Trinajstić information content (AvgIpc) is 3.43. The summed E-state index contributed by atoms with van der Waals surface area (Å²) in [6.45, 7) is 5.59. The lowest BCUT2D eigenvalue weighted by Gasteiger charge is -2.36. The summed E-state index contributed by atoms with van der Waals surface area (Å²) in [7, 11) is 0. The number of piperazine rings is 1. The molecule has 0 aromatic heterocycles. The van der Waals surface area contributed by atoms with Crippen LogP contribution >= 0.6 is 0 Å². The third-order valence-electron chi connectivity index (χ3n) is 7.51. The van der Waals surface area contributed by atoms with Gasteiger partial charge in [-0.25, -0.2) is 0 Å². The highest BCUT2D eigenvalue weighted by Gasteiger charge is 2.28. The minimum atomic E-state index is -0.601. The van der Waals surface area contributed by atoms with Gasteiger partial charge in [-0.15, -0.1) is 0 Å². The minimum absolute atomic E-state index is 0.0323. The summed E-state index contributed by atoms with van der Waals surface area (Å²) in [6, 6.07) is 17.4. The number of carbonyl (C=O) groups excluding carboxylic acids is 3. The number of amides is 3. The Bertz CT molecular complexity index is 1030. The Kier molecular flexibility index (Phi) is 9.71. The highest BCUT2D eigenvalue weighted by molar-refractivity contribution is 5.91. The molecule has 1 aliphatic heterocycles. The third-order valence-corrected chi connectivity index (χ3v) is 7.51. The molecule has 4 rings (SSSR count). The van der Waals surface area contributed by atoms with E-state index in [2.05, 4.69) is 27.7 Å². The quantitative estimate of drug-likeness (QED) is 0.513. The van der Waals surface area contributed by atoms with Crippen LogP contribution in [0.25, 0.3) is 0 Å². The molecule has 198 valence electrons. The molecular weight excluding hydrogens is 464 g/mol. The van der Waals surface area contributed by atoms with Crippen LogP contribution in [0, 0.1) is 5.92 Å². The summed E-state index contributed by atoms with van der Waals surface area (Å²) in [5.41, 5.74) is 2.99. The number of nitrogens with one attached hydrogen (secondary N) is 2. The van der Waals surface area contributed by atoms with Gasteiger partial charge >= 0.3 is 0 Å². The van der Waals surface area contributed by atoms with E-state index < -0.39 is 6.04 Å². The molecule has 7 nitrogen and oxygen atoms in total. The van der Waals surface area contributed by atoms with Crippen molar-refractivity contribution in [2.75, 3.05) is 31.5 Å². The van der Waals surface area contributed by atoms with E-state index in [1.165, 1.54) is 18.4 Å². The van der Waals surface area contributed by atoms with Crippen LogP contribution in [0.3, 0.4) is 0 Å². The molecule has 2 fully saturated rings. The van der Waals surface area contributed by atoms with E-state index in [9.17, 15) is 14.4 Å². The maximum atomic E-state index is 13.4. The first kappa shape index (κ1) is 26.9. The predicted octanol–water partition coefficient (Wildman–Crippen LogP) is 3.99. The fraction of sp³-hybridized carbons (Fsp3) is 0.500. The van der Waals surface area contributed by atoms with Crippen LogP contribution in [0.1, 0.15) is 56.6 Å². The normalized spacial score (nSPS) is 17.4. The van der Waals surface area contributed by atoms with Gasteiger partial charge in [-0.1, -0.05) is 62.2 Å². The molecule has 1 aliphatic carbocycles. The Morgan fingerprint density at radius 1 is 0.865 bits per heavy atom. The first-order valence-electron chi connectivity index (χ1n) is 13.7. The maximum absolute atomic E-state index is 13.4. The van der Waals surface area contributed by atoms with Crippen molar-refractivity contribution in [3.63, 3.8) is 0 Å². The zero-order valence-corrected chi connectivity index (χ0v) is 22.0. The number of hydrogen-bond acceptors (Lipinski definition) is 4. The molecule has 0 spiro atoms. The van der Waals surface area contributed by atoms with Gasteiger partial charge in [-0.2, -0.15) is 0 Å². The van der Waals surface area contributed by atoms with Crippen molar-refractivity contribution >= 4 is 23.4 Å². The molecule has 3 amide bonds. The van der Waals surface area contributed by atoms with Gasteiger partial charge in [0.05, 0.1) is 0 Å². The largest absolute Gasteiger partial charge is 0.344 e. The lowest BCUT2D eigenvalue weighted by atomic mass is 10.0. The van der Waals surface area contributed by atoms with E-state index in [-0.39, 0.29) is 17.7 Å². The van der Waals surface area contributed by atoms with Crippen LogP contribution in [0.4, 0.5) is 5.69 Å². The zero-order valence-electron chi connectivity index (χ0n) is 22.0. The van der Waals surface area contributed by atoms with E-state index in [1.807, 2.05) is 47.4 Å². The van der Waals surface area contributed by atoms with E-state index >= 15 is 0 Å². The highest BCUT2D eigenvalue weighted by atomic mass is 16.2. The Balaban J connectivity index is 1.31. The van der Waals surface area contributed by atoms with Crippen LogP contribution in [0.2, 0.25) is 0 Å². The lowest BCUT2D eigenvalue weighted by molar-refractivity contribution is -0.138. The SMILES string of the molecule is CCC(=O)N[C@H](Cc1ccc(NC(=O)CC2CCCC2)cc1)C(=O)N1CCN(Cc2ccccc2)CC1. The summed E-state index contributed by atoms with van der Waals surface area (Å²) in [5.74, 6) is 0.412. The minimum Gasteiger partial charge on any atom is -0.344 e. The topological polar surface area (TPSA) is 81.8 Å². The standard InChI is InChI=1S/C30H40N4O3/c1-2-28(35)32-27(30(37)34-18-16-33(17-19-34)22-25-10-4-3-5-11-25)20-24-12-14-26(15-13-24)31-29(36)21-23-8-6-7-9-23/h3-5,10-15,23,27H,2,6-9,16-22H2,1H3,(H,31,36)(H,32,35)/t27-/m1/s1. The van der Waals surface area contributed by atoms with Gasteiger partial charge in [0.1, 0.15) is 6.04 Å². The molecule has 1 saturated carbocycles. The van der Waals surface area contributed by atoms with Crippen molar-refractivity contribution in [1.82, 2.24) is 15.1 Å². The Morgan fingerprint density at radius 3 is 2.19 bits per heavy atom. The molecule has 2 N–H and O–H groups in total. The van der Waals surface area contributed by atoms with Gasteiger partial charge in [-0.05, 0) is 42.0 Å². The number of hydrogen-bond donors (Lipinski definition) is 2. The average molecular weight is 505 g/mol. The Morgan fingerprint density at radius 2 is 1.54 bits per heavy atom. The predicted molar refractivity (Wildman–Crippen MR) is 146 cm³/mol. The van der Waals surface area contributed by atoms with Crippen molar-refractivity contribution in [3.8, 4) is 0 Å². The van der Waals surface area contributed by atoms with Crippen molar-refractivity contribution in [2.45, 2.75) is 64.5 Å². The monoisotopic (exact) mass is 504 g/mol. The first-order valence-corrected chi connectivity index (χ1v) is 13.7. The van der Waals surface area contributed by atoms with Crippen LogP contribution in [0.15, 0.2) is 54.6 Å². The first-order chi connectivity index (χ1) is 18.0. The van der Waals surface area contributed by atoms with Crippen LogP contribution in [-0.2, 0) is 27.3 Å². The maximum Gasteiger partial charge on any atom is 0.245 e. The van der Waals surface area contributed by atoms with Crippen molar-refractivity contribution in [2.24, 2.45) is 5.92 Å². The molecule has 7 heteroatoms. The van der Waals surface area contributed by atoms with E-state index in [4.69, 9.17) is 0 Å². The van der Waals surface area contributed by atoms with Gasteiger partial charge in [0, 0.05) is 57.7 Å².